The Morgan fingerprint density at radius 1 is 1.50 bits per heavy atom. The van der Waals surface area contributed by atoms with E-state index in [1.165, 1.54) is 6.20 Å². The lowest BCUT2D eigenvalue weighted by Crippen LogP contribution is -2.01. The summed E-state index contributed by atoms with van der Waals surface area (Å²) in [7, 11) is 1.77. The minimum Gasteiger partial charge on any atom is -0.288 e. The number of benzene rings is 1. The molecule has 0 aliphatic rings. The summed E-state index contributed by atoms with van der Waals surface area (Å²) in [6, 6.07) is 5.12. The van der Waals surface area contributed by atoms with Crippen LogP contribution >= 0.6 is 27.5 Å². The van der Waals surface area contributed by atoms with Crippen molar-refractivity contribution in [2.75, 3.05) is 0 Å². The van der Waals surface area contributed by atoms with Crippen molar-refractivity contribution in [2.45, 2.75) is 0 Å². The predicted octanol–water partition coefficient (Wildman–Crippen LogP) is 3.07. The van der Waals surface area contributed by atoms with Crippen LogP contribution in [0.5, 0.6) is 0 Å². The molecule has 0 bridgehead atoms. The monoisotopic (exact) mass is 298 g/mol. The second-order valence-electron chi connectivity index (χ2n) is 3.36. The molecule has 1 aromatic heterocycles. The van der Waals surface area contributed by atoms with Crippen LogP contribution in [0.1, 0.15) is 15.9 Å². The summed E-state index contributed by atoms with van der Waals surface area (Å²) < 4.78 is 2.32. The van der Waals surface area contributed by atoms with Crippen molar-refractivity contribution in [1.82, 2.24) is 9.78 Å². The average molecular weight is 300 g/mol. The summed E-state index contributed by atoms with van der Waals surface area (Å²) in [6.45, 7) is 0. The van der Waals surface area contributed by atoms with Crippen LogP contribution in [0.3, 0.4) is 0 Å². The first-order valence-electron chi connectivity index (χ1n) is 4.56. The van der Waals surface area contributed by atoms with E-state index < -0.39 is 0 Å². The molecular formula is C11H8BrClN2O. The molecule has 0 atom stereocenters. The lowest BCUT2D eigenvalue weighted by molar-refractivity contribution is 0.103. The number of rotatable bonds is 2. The molecule has 82 valence electrons. The Bertz CT molecular complexity index is 551. The third kappa shape index (κ3) is 2.18. The van der Waals surface area contributed by atoms with Crippen LogP contribution in [0.4, 0.5) is 0 Å². The molecule has 0 N–H and O–H groups in total. The number of halogens is 2. The van der Waals surface area contributed by atoms with Gasteiger partial charge in [0.2, 0.25) is 0 Å². The summed E-state index contributed by atoms with van der Waals surface area (Å²) in [5.41, 5.74) is 1.09. The molecule has 0 aliphatic heterocycles. The highest BCUT2D eigenvalue weighted by Gasteiger charge is 2.14. The molecule has 1 heterocycles. The molecule has 2 rings (SSSR count). The van der Waals surface area contributed by atoms with Crippen molar-refractivity contribution in [2.24, 2.45) is 7.05 Å². The molecule has 0 spiro atoms. The number of carbonyl (C=O) groups excluding carboxylic acids is 1. The van der Waals surface area contributed by atoms with Gasteiger partial charge in [-0.05, 0) is 18.2 Å². The Hall–Kier alpha value is -1.13. The fourth-order valence-electron chi connectivity index (χ4n) is 1.37. The number of carbonyl (C=O) groups is 1. The molecule has 0 aliphatic carbocycles. The number of hydrogen-bond donors (Lipinski definition) is 0. The van der Waals surface area contributed by atoms with E-state index in [9.17, 15) is 4.79 Å². The Balaban J connectivity index is 2.45. The van der Waals surface area contributed by atoms with Crippen LogP contribution < -0.4 is 0 Å². The zero-order valence-corrected chi connectivity index (χ0v) is 10.8. The maximum atomic E-state index is 12.1. The quantitative estimate of drug-likeness (QED) is 0.799. The van der Waals surface area contributed by atoms with E-state index in [4.69, 9.17) is 11.6 Å². The maximum Gasteiger partial charge on any atom is 0.197 e. The Kier molecular flexibility index (Phi) is 3.12. The molecular weight excluding hydrogens is 291 g/mol. The van der Waals surface area contributed by atoms with Gasteiger partial charge < -0.3 is 0 Å². The zero-order chi connectivity index (χ0) is 11.7. The van der Waals surface area contributed by atoms with Gasteiger partial charge in [0.25, 0.3) is 0 Å². The second kappa shape index (κ2) is 4.39. The highest BCUT2D eigenvalue weighted by atomic mass is 79.9. The molecule has 0 fully saturated rings. The third-order valence-electron chi connectivity index (χ3n) is 2.14. The van der Waals surface area contributed by atoms with Crippen molar-refractivity contribution in [3.8, 4) is 0 Å². The molecule has 1 aromatic carbocycles. The number of aromatic nitrogens is 2. The van der Waals surface area contributed by atoms with E-state index in [2.05, 4.69) is 21.0 Å². The fourth-order valence-corrected chi connectivity index (χ4v) is 1.96. The Labute approximate surface area is 106 Å². The van der Waals surface area contributed by atoms with E-state index in [1.54, 1.807) is 36.1 Å². The summed E-state index contributed by atoms with van der Waals surface area (Å²) in [4.78, 5) is 12.1. The van der Waals surface area contributed by atoms with Crippen molar-refractivity contribution >= 4 is 33.3 Å². The normalized spacial score (nSPS) is 10.4. The minimum absolute atomic E-state index is 0.0949. The molecule has 16 heavy (non-hydrogen) atoms. The topological polar surface area (TPSA) is 34.9 Å². The van der Waals surface area contributed by atoms with Crippen LogP contribution in [0, 0.1) is 0 Å². The van der Waals surface area contributed by atoms with Crippen molar-refractivity contribution in [1.29, 1.82) is 0 Å². The third-order valence-corrected chi connectivity index (χ3v) is 3.07. The summed E-state index contributed by atoms with van der Waals surface area (Å²) in [5, 5.41) is 4.50. The van der Waals surface area contributed by atoms with Gasteiger partial charge in [0.1, 0.15) is 0 Å². The van der Waals surface area contributed by atoms with Gasteiger partial charge in [-0.25, -0.2) is 0 Å². The summed E-state index contributed by atoms with van der Waals surface area (Å²) in [5.74, 6) is -0.0949. The van der Waals surface area contributed by atoms with Crippen LogP contribution in [-0.4, -0.2) is 15.6 Å². The van der Waals surface area contributed by atoms with E-state index in [0.29, 0.717) is 16.1 Å². The van der Waals surface area contributed by atoms with Gasteiger partial charge >= 0.3 is 0 Å². The van der Waals surface area contributed by atoms with Gasteiger partial charge in [0.05, 0.1) is 11.8 Å². The van der Waals surface area contributed by atoms with Gasteiger partial charge in [0, 0.05) is 28.3 Å². The first-order valence-corrected chi connectivity index (χ1v) is 5.73. The molecule has 0 unspecified atom stereocenters. The highest BCUT2D eigenvalue weighted by molar-refractivity contribution is 9.10. The van der Waals surface area contributed by atoms with Crippen LogP contribution in [0.2, 0.25) is 5.02 Å². The average Bonchev–Trinajstić information content (AvgIpc) is 2.67. The van der Waals surface area contributed by atoms with E-state index in [1.807, 2.05) is 0 Å². The SMILES string of the molecule is Cn1cc(C(=O)c2cc(Cl)ccc2Br)cn1. The summed E-state index contributed by atoms with van der Waals surface area (Å²) in [6.07, 6.45) is 3.21. The number of ketones is 1. The van der Waals surface area contributed by atoms with Crippen molar-refractivity contribution < 1.29 is 4.79 Å². The fraction of sp³-hybridized carbons (Fsp3) is 0.0909. The predicted molar refractivity (Wildman–Crippen MR) is 65.8 cm³/mol. The molecule has 5 heteroatoms. The lowest BCUT2D eigenvalue weighted by Gasteiger charge is -2.02. The number of aryl methyl sites for hydroxylation is 1. The van der Waals surface area contributed by atoms with Gasteiger partial charge in [-0.15, -0.1) is 0 Å². The first kappa shape index (κ1) is 11.4. The van der Waals surface area contributed by atoms with Crippen LogP contribution in [0.15, 0.2) is 35.1 Å². The van der Waals surface area contributed by atoms with Gasteiger partial charge in [-0.3, -0.25) is 9.48 Å². The van der Waals surface area contributed by atoms with Crippen LogP contribution in [0.25, 0.3) is 0 Å². The van der Waals surface area contributed by atoms with Gasteiger partial charge in [0.15, 0.2) is 5.78 Å². The molecule has 0 radical (unpaired) electrons. The van der Waals surface area contributed by atoms with Crippen LogP contribution in [-0.2, 0) is 7.05 Å². The van der Waals surface area contributed by atoms with E-state index in [-0.39, 0.29) is 5.78 Å². The van der Waals surface area contributed by atoms with E-state index in [0.717, 1.165) is 4.47 Å². The Morgan fingerprint density at radius 3 is 2.88 bits per heavy atom. The second-order valence-corrected chi connectivity index (χ2v) is 4.65. The standard InChI is InChI=1S/C11H8BrClN2O/c1-15-6-7(5-14-15)11(16)9-4-8(13)2-3-10(9)12/h2-6H,1H3. The molecule has 2 aromatic rings. The number of nitrogens with zero attached hydrogens (tertiary/aromatic N) is 2. The molecule has 0 saturated carbocycles. The molecule has 0 saturated heterocycles. The molecule has 0 amide bonds. The molecule has 3 nitrogen and oxygen atoms in total. The maximum absolute atomic E-state index is 12.1. The lowest BCUT2D eigenvalue weighted by atomic mass is 10.1. The number of hydrogen-bond acceptors (Lipinski definition) is 2. The van der Waals surface area contributed by atoms with Crippen molar-refractivity contribution in [3.05, 3.63) is 51.2 Å². The van der Waals surface area contributed by atoms with Gasteiger partial charge in [-0.1, -0.05) is 27.5 Å². The smallest absolute Gasteiger partial charge is 0.197 e. The minimum atomic E-state index is -0.0949. The van der Waals surface area contributed by atoms with E-state index >= 15 is 0 Å². The summed E-state index contributed by atoms with van der Waals surface area (Å²) >= 11 is 9.19. The van der Waals surface area contributed by atoms with Gasteiger partial charge in [-0.2, -0.15) is 5.10 Å². The Morgan fingerprint density at radius 2 is 2.25 bits per heavy atom. The first-order chi connectivity index (χ1) is 7.58. The largest absolute Gasteiger partial charge is 0.288 e. The highest BCUT2D eigenvalue weighted by Crippen LogP contribution is 2.23. The van der Waals surface area contributed by atoms with Crippen molar-refractivity contribution in [3.63, 3.8) is 0 Å². The zero-order valence-electron chi connectivity index (χ0n) is 8.45.